The molecule has 0 fully saturated rings. The summed E-state index contributed by atoms with van der Waals surface area (Å²) in [4.78, 5) is 13.3. The first-order chi connectivity index (χ1) is 14.5. The van der Waals surface area contributed by atoms with E-state index in [0.29, 0.717) is 5.16 Å². The molecule has 2 aromatic carbocycles. The Balaban J connectivity index is 1.67. The van der Waals surface area contributed by atoms with Crippen molar-refractivity contribution in [1.82, 2.24) is 14.9 Å². The van der Waals surface area contributed by atoms with Gasteiger partial charge >= 0.3 is 0 Å². The minimum absolute atomic E-state index is 0.139. The fourth-order valence-corrected chi connectivity index (χ4v) is 4.66. The van der Waals surface area contributed by atoms with Gasteiger partial charge in [0.25, 0.3) is 0 Å². The predicted octanol–water partition coefficient (Wildman–Crippen LogP) is 4.38. The third-order valence-electron chi connectivity index (χ3n) is 5.10. The Morgan fingerprint density at radius 3 is 2.67 bits per heavy atom. The van der Waals surface area contributed by atoms with E-state index in [0.717, 1.165) is 41.0 Å². The van der Waals surface area contributed by atoms with E-state index in [1.54, 1.807) is 12.1 Å². The van der Waals surface area contributed by atoms with E-state index in [1.165, 1.54) is 23.9 Å². The molecular formula is C22H24FN5OS. The molecule has 8 heteroatoms. The van der Waals surface area contributed by atoms with Crippen LogP contribution in [-0.4, -0.2) is 26.0 Å². The number of aryl methyl sites for hydroxylation is 3. The Hall–Kier alpha value is -2.87. The second kappa shape index (κ2) is 8.47. The second-order valence-corrected chi connectivity index (χ2v) is 8.60. The van der Waals surface area contributed by atoms with E-state index in [-0.39, 0.29) is 17.8 Å². The summed E-state index contributed by atoms with van der Waals surface area (Å²) < 4.78 is 15.3. The van der Waals surface area contributed by atoms with Crippen LogP contribution in [-0.2, 0) is 11.2 Å². The monoisotopic (exact) mass is 425 g/mol. The van der Waals surface area contributed by atoms with Gasteiger partial charge in [-0.15, -0.1) is 10.2 Å². The first kappa shape index (κ1) is 20.4. The smallest absolute Gasteiger partial charge is 0.240 e. The van der Waals surface area contributed by atoms with Gasteiger partial charge in [0.1, 0.15) is 11.1 Å². The topological polar surface area (TPSA) is 71.8 Å². The zero-order chi connectivity index (χ0) is 21.3. The summed E-state index contributed by atoms with van der Waals surface area (Å²) in [6, 6.07) is 11.8. The fourth-order valence-electron chi connectivity index (χ4n) is 3.56. The molecule has 0 spiro atoms. The highest BCUT2D eigenvalue weighted by molar-refractivity contribution is 8.00. The molecule has 1 aliphatic rings. The quantitative estimate of drug-likeness (QED) is 0.635. The maximum atomic E-state index is 13.5. The van der Waals surface area contributed by atoms with Crippen LogP contribution in [0.3, 0.4) is 0 Å². The number of hydrogen-bond donors (Lipinski definition) is 2. The molecule has 1 aromatic heterocycles. The van der Waals surface area contributed by atoms with Crippen molar-refractivity contribution in [1.29, 1.82) is 0 Å². The Morgan fingerprint density at radius 1 is 1.20 bits per heavy atom. The van der Waals surface area contributed by atoms with Gasteiger partial charge in [-0.1, -0.05) is 48.5 Å². The molecule has 2 N–H and O–H groups in total. The lowest BCUT2D eigenvalue weighted by Crippen LogP contribution is -2.41. The van der Waals surface area contributed by atoms with E-state index < -0.39 is 5.25 Å². The first-order valence-electron chi connectivity index (χ1n) is 9.97. The number of anilines is 1. The Kier molecular flexibility index (Phi) is 5.76. The van der Waals surface area contributed by atoms with Crippen LogP contribution >= 0.6 is 11.8 Å². The number of fused-ring (bicyclic) bond motifs is 1. The van der Waals surface area contributed by atoms with Crippen molar-refractivity contribution in [2.75, 3.05) is 10.7 Å². The second-order valence-electron chi connectivity index (χ2n) is 7.49. The van der Waals surface area contributed by atoms with Crippen LogP contribution < -0.4 is 10.7 Å². The van der Waals surface area contributed by atoms with Crippen molar-refractivity contribution in [2.24, 2.45) is 0 Å². The number of amides is 1. The normalized spacial score (nSPS) is 17.9. The zero-order valence-electron chi connectivity index (χ0n) is 17.1. The molecule has 0 saturated carbocycles. The third-order valence-corrected chi connectivity index (χ3v) is 6.32. The van der Waals surface area contributed by atoms with Crippen LogP contribution in [0.5, 0.6) is 0 Å². The molecule has 2 heterocycles. The lowest BCUT2D eigenvalue weighted by molar-refractivity contribution is -0.116. The summed E-state index contributed by atoms with van der Waals surface area (Å²) >= 11 is 1.37. The largest absolute Gasteiger partial charge is 0.325 e. The highest BCUT2D eigenvalue weighted by Gasteiger charge is 2.37. The number of nitrogens with zero attached hydrogens (tertiary/aromatic N) is 3. The van der Waals surface area contributed by atoms with Gasteiger partial charge in [-0.2, -0.15) is 0 Å². The number of halogens is 1. The van der Waals surface area contributed by atoms with Crippen LogP contribution in [0, 0.1) is 19.7 Å². The van der Waals surface area contributed by atoms with Crippen molar-refractivity contribution in [3.8, 4) is 0 Å². The molecule has 4 rings (SSSR count). The van der Waals surface area contributed by atoms with Crippen molar-refractivity contribution < 1.29 is 9.18 Å². The van der Waals surface area contributed by atoms with Crippen molar-refractivity contribution in [3.63, 3.8) is 0 Å². The molecule has 0 bridgehead atoms. The first-order valence-corrected chi connectivity index (χ1v) is 10.9. The van der Waals surface area contributed by atoms with Gasteiger partial charge in [-0.05, 0) is 49.6 Å². The summed E-state index contributed by atoms with van der Waals surface area (Å²) in [6.45, 7) is 6.07. The number of aromatic nitrogens is 3. The number of thioether (sulfide) groups is 1. The maximum absolute atomic E-state index is 13.5. The predicted molar refractivity (Wildman–Crippen MR) is 117 cm³/mol. The number of rotatable bonds is 5. The highest BCUT2D eigenvalue weighted by atomic mass is 32.2. The summed E-state index contributed by atoms with van der Waals surface area (Å²) in [6.07, 6.45) is 1.71. The number of carbonyl (C=O) groups excluding carboxylic acids is 1. The lowest BCUT2D eigenvalue weighted by Gasteiger charge is -2.33. The van der Waals surface area contributed by atoms with Gasteiger partial charge in [-0.25, -0.2) is 9.07 Å². The molecule has 1 amide bonds. The Bertz CT molecular complexity index is 1070. The lowest BCUT2D eigenvalue weighted by atomic mass is 10.0. The number of hydrogen-bond acceptors (Lipinski definition) is 5. The van der Waals surface area contributed by atoms with Gasteiger partial charge in [0.15, 0.2) is 5.82 Å². The SMILES string of the molecule is CCCc1nnc2n1NC(c1ccc(F)cc1)C(C(=O)Nc1ccc(C)cc1C)S2. The van der Waals surface area contributed by atoms with E-state index in [9.17, 15) is 9.18 Å². The molecule has 156 valence electrons. The highest BCUT2D eigenvalue weighted by Crippen LogP contribution is 2.38. The Labute approximate surface area is 179 Å². The zero-order valence-corrected chi connectivity index (χ0v) is 18.0. The van der Waals surface area contributed by atoms with Crippen LogP contribution in [0.15, 0.2) is 47.6 Å². The van der Waals surface area contributed by atoms with Gasteiger partial charge in [0.05, 0.1) is 6.04 Å². The average molecular weight is 426 g/mol. The minimum atomic E-state index is -0.498. The maximum Gasteiger partial charge on any atom is 0.240 e. The van der Waals surface area contributed by atoms with Crippen LogP contribution in [0.1, 0.15) is 41.9 Å². The summed E-state index contributed by atoms with van der Waals surface area (Å²) in [5, 5.41) is 11.7. The van der Waals surface area contributed by atoms with Gasteiger partial charge < -0.3 is 10.7 Å². The van der Waals surface area contributed by atoms with E-state index >= 15 is 0 Å². The molecule has 30 heavy (non-hydrogen) atoms. The molecule has 0 aliphatic carbocycles. The molecule has 2 unspecified atom stereocenters. The van der Waals surface area contributed by atoms with E-state index in [2.05, 4.69) is 27.9 Å². The van der Waals surface area contributed by atoms with Crippen LogP contribution in [0.4, 0.5) is 10.1 Å². The number of benzene rings is 2. The molecule has 0 saturated heterocycles. The van der Waals surface area contributed by atoms with Gasteiger partial charge in [-0.3, -0.25) is 4.79 Å². The minimum Gasteiger partial charge on any atom is -0.325 e. The molecule has 6 nitrogen and oxygen atoms in total. The summed E-state index contributed by atoms with van der Waals surface area (Å²) in [5.74, 6) is 0.371. The molecular weight excluding hydrogens is 401 g/mol. The van der Waals surface area contributed by atoms with Crippen molar-refractivity contribution in [2.45, 2.75) is 50.1 Å². The van der Waals surface area contributed by atoms with Gasteiger partial charge in [0.2, 0.25) is 11.1 Å². The molecule has 2 atom stereocenters. The molecule has 3 aromatic rings. The number of carbonyl (C=O) groups is 1. The van der Waals surface area contributed by atoms with E-state index in [4.69, 9.17) is 0 Å². The third kappa shape index (κ3) is 4.05. The van der Waals surface area contributed by atoms with Crippen LogP contribution in [0.25, 0.3) is 0 Å². The fraction of sp³-hybridized carbons (Fsp3) is 0.318. The Morgan fingerprint density at radius 2 is 1.97 bits per heavy atom. The van der Waals surface area contributed by atoms with Crippen LogP contribution in [0.2, 0.25) is 0 Å². The summed E-state index contributed by atoms with van der Waals surface area (Å²) in [5.41, 5.74) is 7.14. The molecule has 0 radical (unpaired) electrons. The summed E-state index contributed by atoms with van der Waals surface area (Å²) in [7, 11) is 0. The standard InChI is InChI=1S/C22H24FN5OS/c1-4-5-18-25-26-22-28(18)27-19(15-7-9-16(23)10-8-15)20(30-22)21(29)24-17-11-6-13(2)12-14(17)3/h6-12,19-20,27H,4-5H2,1-3H3,(H,24,29). The van der Waals surface area contributed by atoms with E-state index in [1.807, 2.05) is 36.7 Å². The number of nitrogens with one attached hydrogen (secondary N) is 2. The van der Waals surface area contributed by atoms with Gasteiger partial charge in [0, 0.05) is 12.1 Å². The average Bonchev–Trinajstić information content (AvgIpc) is 3.12. The van der Waals surface area contributed by atoms with Crippen molar-refractivity contribution >= 4 is 23.4 Å². The molecule has 1 aliphatic heterocycles. The van der Waals surface area contributed by atoms with Crippen molar-refractivity contribution in [3.05, 3.63) is 70.8 Å².